The van der Waals surface area contributed by atoms with Crippen molar-refractivity contribution in [3.8, 4) is 11.3 Å². The molecule has 156 valence electrons. The van der Waals surface area contributed by atoms with Crippen LogP contribution in [0.2, 0.25) is 5.02 Å². The van der Waals surface area contributed by atoms with E-state index >= 15 is 0 Å². The van der Waals surface area contributed by atoms with Crippen LogP contribution in [0.5, 0.6) is 0 Å². The third-order valence-electron chi connectivity index (χ3n) is 5.28. The van der Waals surface area contributed by atoms with E-state index in [1.54, 1.807) is 6.07 Å². The number of hydrogen-bond acceptors (Lipinski definition) is 3. The Labute approximate surface area is 187 Å². The van der Waals surface area contributed by atoms with Gasteiger partial charge in [0, 0.05) is 16.0 Å². The van der Waals surface area contributed by atoms with Crippen LogP contribution in [-0.4, -0.2) is 11.0 Å². The molecule has 4 rings (SSSR count). The number of aromatic nitrogens is 1. The fourth-order valence-corrected chi connectivity index (χ4v) is 3.71. The summed E-state index contributed by atoms with van der Waals surface area (Å²) in [5.74, 6) is -0.383. The van der Waals surface area contributed by atoms with Crippen molar-refractivity contribution in [2.45, 2.75) is 32.8 Å². The molecule has 0 bridgehead atoms. The molecule has 3 nitrogen and oxygen atoms in total. The smallest absolute Gasteiger partial charge is 0.339 e. The van der Waals surface area contributed by atoms with Crippen molar-refractivity contribution >= 4 is 28.5 Å². The molecule has 0 N–H and O–H groups in total. The minimum Gasteiger partial charge on any atom is -0.457 e. The van der Waals surface area contributed by atoms with E-state index in [-0.39, 0.29) is 18.0 Å². The van der Waals surface area contributed by atoms with Crippen LogP contribution in [0.3, 0.4) is 0 Å². The molecule has 0 aliphatic carbocycles. The molecule has 0 aliphatic heterocycles. The van der Waals surface area contributed by atoms with Gasteiger partial charge in [0.15, 0.2) is 0 Å². The topological polar surface area (TPSA) is 39.2 Å². The number of nitrogens with zero attached hydrogens (tertiary/aromatic N) is 1. The molecule has 4 heteroatoms. The summed E-state index contributed by atoms with van der Waals surface area (Å²) in [4.78, 5) is 17.8. The lowest BCUT2D eigenvalue weighted by atomic mass is 9.87. The normalized spacial score (nSPS) is 11.5. The van der Waals surface area contributed by atoms with E-state index < -0.39 is 0 Å². The van der Waals surface area contributed by atoms with Crippen molar-refractivity contribution in [2.24, 2.45) is 0 Å². The summed E-state index contributed by atoms with van der Waals surface area (Å²) in [6.07, 6.45) is 0. The van der Waals surface area contributed by atoms with Gasteiger partial charge in [-0.05, 0) is 34.7 Å². The molecule has 4 aromatic rings. The van der Waals surface area contributed by atoms with Crippen LogP contribution < -0.4 is 0 Å². The Morgan fingerprint density at radius 1 is 0.935 bits per heavy atom. The molecule has 0 radical (unpaired) electrons. The van der Waals surface area contributed by atoms with Gasteiger partial charge in [0.25, 0.3) is 0 Å². The summed E-state index contributed by atoms with van der Waals surface area (Å²) < 4.78 is 5.67. The molecule has 31 heavy (non-hydrogen) atoms. The van der Waals surface area contributed by atoms with Gasteiger partial charge in [-0.15, -0.1) is 0 Å². The average Bonchev–Trinajstić information content (AvgIpc) is 2.76. The number of fused-ring (bicyclic) bond motifs is 1. The van der Waals surface area contributed by atoms with Gasteiger partial charge in [-0.2, -0.15) is 0 Å². The van der Waals surface area contributed by atoms with Crippen molar-refractivity contribution in [3.05, 3.63) is 101 Å². The van der Waals surface area contributed by atoms with E-state index in [0.29, 0.717) is 16.3 Å². The maximum Gasteiger partial charge on any atom is 0.339 e. The number of ether oxygens (including phenoxy) is 1. The summed E-state index contributed by atoms with van der Waals surface area (Å²) in [5, 5.41) is 1.34. The molecule has 0 saturated heterocycles. The highest BCUT2D eigenvalue weighted by molar-refractivity contribution is 6.33. The molecular weight excluding hydrogens is 406 g/mol. The highest BCUT2D eigenvalue weighted by Crippen LogP contribution is 2.30. The summed E-state index contributed by atoms with van der Waals surface area (Å²) in [6.45, 7) is 6.73. The Balaban J connectivity index is 1.64. The van der Waals surface area contributed by atoms with E-state index in [1.165, 1.54) is 5.56 Å². The quantitative estimate of drug-likeness (QED) is 0.322. The number of halogens is 1. The Bertz CT molecular complexity index is 1240. The lowest BCUT2D eigenvalue weighted by Crippen LogP contribution is -2.11. The van der Waals surface area contributed by atoms with Crippen molar-refractivity contribution in [1.82, 2.24) is 4.98 Å². The SMILES string of the molecule is CC(C)(C)c1ccc(COC(=O)c2cc(-c3ccccc3Cl)nc3ccccc23)cc1. The molecule has 0 spiro atoms. The van der Waals surface area contributed by atoms with Gasteiger partial charge in [-0.3, -0.25) is 0 Å². The second kappa shape index (κ2) is 8.52. The standard InChI is InChI=1S/C27H24ClNO2/c1-27(2,3)19-14-12-18(13-15-19)17-31-26(30)22-16-25(21-9-4-6-10-23(21)28)29-24-11-7-5-8-20(22)24/h4-16H,17H2,1-3H3. The molecule has 0 fully saturated rings. The number of benzene rings is 3. The predicted octanol–water partition coefficient (Wildman–Crippen LogP) is 7.21. The van der Waals surface area contributed by atoms with Gasteiger partial charge >= 0.3 is 5.97 Å². The van der Waals surface area contributed by atoms with Crippen molar-refractivity contribution in [3.63, 3.8) is 0 Å². The van der Waals surface area contributed by atoms with E-state index in [1.807, 2.05) is 60.7 Å². The van der Waals surface area contributed by atoms with Gasteiger partial charge < -0.3 is 4.74 Å². The fraction of sp³-hybridized carbons (Fsp3) is 0.185. The van der Waals surface area contributed by atoms with Crippen molar-refractivity contribution in [1.29, 1.82) is 0 Å². The maximum atomic E-state index is 13.0. The zero-order valence-electron chi connectivity index (χ0n) is 17.9. The van der Waals surface area contributed by atoms with Crippen LogP contribution in [-0.2, 0) is 16.8 Å². The first-order valence-corrected chi connectivity index (χ1v) is 10.6. The number of para-hydroxylation sites is 1. The molecular formula is C27H24ClNO2. The molecule has 1 aromatic heterocycles. The third-order valence-corrected chi connectivity index (χ3v) is 5.61. The van der Waals surface area contributed by atoms with Crippen molar-refractivity contribution in [2.75, 3.05) is 0 Å². The molecule has 0 saturated carbocycles. The van der Waals surface area contributed by atoms with Gasteiger partial charge in [0.05, 0.1) is 16.8 Å². The molecule has 3 aromatic carbocycles. The monoisotopic (exact) mass is 429 g/mol. The molecule has 0 unspecified atom stereocenters. The molecule has 1 heterocycles. The van der Waals surface area contributed by atoms with Gasteiger partial charge in [-0.1, -0.05) is 93.0 Å². The lowest BCUT2D eigenvalue weighted by Gasteiger charge is -2.19. The number of carbonyl (C=O) groups is 1. The first-order valence-electron chi connectivity index (χ1n) is 10.2. The van der Waals surface area contributed by atoms with E-state index in [9.17, 15) is 4.79 Å². The van der Waals surface area contributed by atoms with E-state index in [0.717, 1.165) is 22.0 Å². The maximum absolute atomic E-state index is 13.0. The van der Waals surface area contributed by atoms with Gasteiger partial charge in [0.2, 0.25) is 0 Å². The van der Waals surface area contributed by atoms with Crippen LogP contribution in [0.1, 0.15) is 42.3 Å². The van der Waals surface area contributed by atoms with Gasteiger partial charge in [-0.25, -0.2) is 9.78 Å². The Hall–Kier alpha value is -3.17. The first kappa shape index (κ1) is 21.1. The second-order valence-electron chi connectivity index (χ2n) is 8.58. The minimum absolute atomic E-state index is 0.0836. The summed E-state index contributed by atoms with van der Waals surface area (Å²) in [7, 11) is 0. The second-order valence-corrected chi connectivity index (χ2v) is 8.98. The number of esters is 1. The highest BCUT2D eigenvalue weighted by Gasteiger charge is 2.17. The molecule has 0 amide bonds. The van der Waals surface area contributed by atoms with Gasteiger partial charge in [0.1, 0.15) is 6.61 Å². The van der Waals surface area contributed by atoms with E-state index in [4.69, 9.17) is 21.3 Å². The number of hydrogen-bond donors (Lipinski definition) is 0. The zero-order valence-corrected chi connectivity index (χ0v) is 18.6. The Morgan fingerprint density at radius 3 is 2.32 bits per heavy atom. The summed E-state index contributed by atoms with van der Waals surface area (Å²) >= 11 is 6.37. The summed E-state index contributed by atoms with van der Waals surface area (Å²) in [5.41, 5.74) is 4.90. The lowest BCUT2D eigenvalue weighted by molar-refractivity contribution is 0.0475. The summed E-state index contributed by atoms with van der Waals surface area (Å²) in [6, 6.07) is 25.0. The molecule has 0 atom stereocenters. The third kappa shape index (κ3) is 4.62. The number of carbonyl (C=O) groups excluding carboxylic acids is 1. The van der Waals surface area contributed by atoms with Crippen LogP contribution in [0, 0.1) is 0 Å². The number of pyridine rings is 1. The average molecular weight is 430 g/mol. The minimum atomic E-state index is -0.383. The zero-order chi connectivity index (χ0) is 22.0. The largest absolute Gasteiger partial charge is 0.457 e. The predicted molar refractivity (Wildman–Crippen MR) is 126 cm³/mol. The highest BCUT2D eigenvalue weighted by atomic mass is 35.5. The number of rotatable bonds is 4. The first-order chi connectivity index (χ1) is 14.8. The fourth-order valence-electron chi connectivity index (χ4n) is 3.48. The Morgan fingerprint density at radius 2 is 1.61 bits per heavy atom. The van der Waals surface area contributed by atoms with Crippen molar-refractivity contribution < 1.29 is 9.53 Å². The van der Waals surface area contributed by atoms with Crippen LogP contribution >= 0.6 is 11.6 Å². The molecule has 0 aliphatic rings. The van der Waals surface area contributed by atoms with E-state index in [2.05, 4.69) is 32.9 Å². The Kier molecular flexibility index (Phi) is 5.79. The van der Waals surface area contributed by atoms with Crippen LogP contribution in [0.15, 0.2) is 78.9 Å². The van der Waals surface area contributed by atoms with Crippen LogP contribution in [0.25, 0.3) is 22.2 Å². The van der Waals surface area contributed by atoms with Crippen LogP contribution in [0.4, 0.5) is 0 Å².